The van der Waals surface area contributed by atoms with E-state index < -0.39 is 0 Å². The van der Waals surface area contributed by atoms with Crippen LogP contribution in [0.15, 0.2) is 18.2 Å². The van der Waals surface area contributed by atoms with Crippen LogP contribution in [0.1, 0.15) is 41.3 Å². The lowest BCUT2D eigenvalue weighted by Crippen LogP contribution is -2.34. The number of rotatable bonds is 6. The summed E-state index contributed by atoms with van der Waals surface area (Å²) in [6, 6.07) is 5.99. The lowest BCUT2D eigenvalue weighted by molar-refractivity contribution is 0.0719. The molecule has 0 aliphatic carbocycles. The van der Waals surface area contributed by atoms with E-state index in [0.717, 1.165) is 37.9 Å². The van der Waals surface area contributed by atoms with Gasteiger partial charge in [0.2, 0.25) is 0 Å². The van der Waals surface area contributed by atoms with Crippen molar-refractivity contribution in [3.05, 3.63) is 34.9 Å². The van der Waals surface area contributed by atoms with E-state index in [1.807, 2.05) is 12.1 Å². The summed E-state index contributed by atoms with van der Waals surface area (Å²) in [6.45, 7) is 5.09. The maximum Gasteiger partial charge on any atom is 0.253 e. The molecule has 0 aromatic heterocycles. The summed E-state index contributed by atoms with van der Waals surface area (Å²) in [5.41, 5.74) is 3.29. The minimum atomic E-state index is 0.0158. The van der Waals surface area contributed by atoms with Gasteiger partial charge in [0.15, 0.2) is 0 Å². The van der Waals surface area contributed by atoms with Crippen molar-refractivity contribution in [2.45, 2.75) is 32.7 Å². The third-order valence-corrected chi connectivity index (χ3v) is 3.78. The quantitative estimate of drug-likeness (QED) is 0.829. The average molecular weight is 276 g/mol. The van der Waals surface area contributed by atoms with Crippen LogP contribution in [-0.2, 0) is 13.0 Å². The highest BCUT2D eigenvalue weighted by atomic mass is 16.3. The monoisotopic (exact) mass is 276 g/mol. The van der Waals surface area contributed by atoms with Gasteiger partial charge in [0, 0.05) is 25.2 Å². The normalized spacial score (nSPS) is 13.9. The van der Waals surface area contributed by atoms with Crippen LogP contribution >= 0.6 is 0 Å². The van der Waals surface area contributed by atoms with E-state index in [1.54, 1.807) is 4.90 Å². The number of nitrogens with zero attached hydrogens (tertiary/aromatic N) is 1. The summed E-state index contributed by atoms with van der Waals surface area (Å²) in [5.74, 6) is 0.0286. The molecule has 2 rings (SSSR count). The summed E-state index contributed by atoms with van der Waals surface area (Å²) in [4.78, 5) is 14.3. The van der Waals surface area contributed by atoms with Crippen molar-refractivity contribution < 1.29 is 9.90 Å². The number of carbonyl (C=O) groups is 1. The van der Waals surface area contributed by atoms with Crippen LogP contribution in [0.25, 0.3) is 0 Å². The molecule has 1 aromatic carbocycles. The van der Waals surface area contributed by atoms with E-state index in [0.29, 0.717) is 13.1 Å². The molecule has 20 heavy (non-hydrogen) atoms. The fourth-order valence-electron chi connectivity index (χ4n) is 2.58. The van der Waals surface area contributed by atoms with Crippen LogP contribution in [0.4, 0.5) is 0 Å². The number of aliphatic hydroxyl groups is 1. The first kappa shape index (κ1) is 15.0. The highest BCUT2D eigenvalue weighted by Gasteiger charge is 2.17. The number of aliphatic hydroxyl groups excluding tert-OH is 1. The Morgan fingerprint density at radius 2 is 2.20 bits per heavy atom. The van der Waals surface area contributed by atoms with E-state index in [9.17, 15) is 4.79 Å². The molecule has 0 saturated heterocycles. The lowest BCUT2D eigenvalue weighted by Gasteiger charge is -2.23. The van der Waals surface area contributed by atoms with Gasteiger partial charge in [0.1, 0.15) is 0 Å². The number of unbranched alkanes of at least 4 members (excludes halogenated alkanes) is 1. The second kappa shape index (κ2) is 7.41. The van der Waals surface area contributed by atoms with Crippen LogP contribution in [-0.4, -0.2) is 42.2 Å². The van der Waals surface area contributed by atoms with Crippen LogP contribution in [0.2, 0.25) is 0 Å². The molecule has 0 spiro atoms. The molecule has 2 N–H and O–H groups in total. The Morgan fingerprint density at radius 3 is 2.95 bits per heavy atom. The zero-order valence-electron chi connectivity index (χ0n) is 12.2. The topological polar surface area (TPSA) is 52.6 Å². The smallest absolute Gasteiger partial charge is 0.253 e. The van der Waals surface area contributed by atoms with Gasteiger partial charge in [0.25, 0.3) is 5.91 Å². The van der Waals surface area contributed by atoms with E-state index in [4.69, 9.17) is 5.11 Å². The summed E-state index contributed by atoms with van der Waals surface area (Å²) in [6.07, 6.45) is 3.04. The predicted molar refractivity (Wildman–Crippen MR) is 79.8 cm³/mol. The highest BCUT2D eigenvalue weighted by molar-refractivity contribution is 5.94. The summed E-state index contributed by atoms with van der Waals surface area (Å²) in [7, 11) is 0. The van der Waals surface area contributed by atoms with Crippen molar-refractivity contribution in [2.24, 2.45) is 0 Å². The zero-order chi connectivity index (χ0) is 14.4. The van der Waals surface area contributed by atoms with Crippen LogP contribution < -0.4 is 5.32 Å². The first-order valence-electron chi connectivity index (χ1n) is 7.49. The molecule has 1 amide bonds. The van der Waals surface area contributed by atoms with E-state index in [-0.39, 0.29) is 12.5 Å². The van der Waals surface area contributed by atoms with Gasteiger partial charge in [-0.2, -0.15) is 0 Å². The van der Waals surface area contributed by atoms with Crippen molar-refractivity contribution in [1.82, 2.24) is 10.2 Å². The Kier molecular flexibility index (Phi) is 5.56. The van der Waals surface area contributed by atoms with Crippen molar-refractivity contribution in [3.8, 4) is 0 Å². The first-order chi connectivity index (χ1) is 9.76. The van der Waals surface area contributed by atoms with Gasteiger partial charge in [-0.05, 0) is 42.6 Å². The minimum Gasteiger partial charge on any atom is -0.395 e. The molecule has 0 fully saturated rings. The van der Waals surface area contributed by atoms with Gasteiger partial charge < -0.3 is 15.3 Å². The Labute approximate surface area is 120 Å². The van der Waals surface area contributed by atoms with Crippen molar-refractivity contribution in [3.63, 3.8) is 0 Å². The number of carbonyl (C=O) groups excluding carboxylic acids is 1. The Morgan fingerprint density at radius 1 is 1.35 bits per heavy atom. The number of fused-ring (bicyclic) bond motifs is 1. The molecule has 1 aliphatic heterocycles. The maximum atomic E-state index is 12.5. The van der Waals surface area contributed by atoms with Gasteiger partial charge in [-0.15, -0.1) is 0 Å². The van der Waals surface area contributed by atoms with Gasteiger partial charge in [0.05, 0.1) is 6.61 Å². The molecule has 1 aromatic rings. The Hall–Kier alpha value is -1.39. The largest absolute Gasteiger partial charge is 0.395 e. The predicted octanol–water partition coefficient (Wildman–Crippen LogP) is 1.57. The van der Waals surface area contributed by atoms with Crippen LogP contribution in [0.3, 0.4) is 0 Å². The zero-order valence-corrected chi connectivity index (χ0v) is 12.2. The number of nitrogens with one attached hydrogen (secondary N) is 1. The molecular formula is C16H24N2O2. The molecule has 1 heterocycles. The van der Waals surface area contributed by atoms with Crippen molar-refractivity contribution >= 4 is 5.91 Å². The van der Waals surface area contributed by atoms with Gasteiger partial charge in [-0.1, -0.05) is 19.4 Å². The summed E-state index contributed by atoms with van der Waals surface area (Å²) in [5, 5.41) is 12.5. The molecule has 0 atom stereocenters. The van der Waals surface area contributed by atoms with E-state index in [1.165, 1.54) is 11.1 Å². The van der Waals surface area contributed by atoms with Crippen LogP contribution in [0.5, 0.6) is 0 Å². The fraction of sp³-hybridized carbons (Fsp3) is 0.562. The first-order valence-corrected chi connectivity index (χ1v) is 7.49. The summed E-state index contributed by atoms with van der Waals surface area (Å²) >= 11 is 0. The lowest BCUT2D eigenvalue weighted by atomic mass is 9.98. The van der Waals surface area contributed by atoms with E-state index in [2.05, 4.69) is 18.3 Å². The molecular weight excluding hydrogens is 252 g/mol. The molecule has 0 radical (unpaired) electrons. The minimum absolute atomic E-state index is 0.0158. The molecule has 1 aliphatic rings. The van der Waals surface area contributed by atoms with E-state index >= 15 is 0 Å². The highest BCUT2D eigenvalue weighted by Crippen LogP contribution is 2.17. The molecule has 0 bridgehead atoms. The Bertz CT molecular complexity index is 460. The molecule has 0 saturated carbocycles. The van der Waals surface area contributed by atoms with Crippen molar-refractivity contribution in [1.29, 1.82) is 0 Å². The third kappa shape index (κ3) is 3.58. The second-order valence-electron chi connectivity index (χ2n) is 5.28. The number of benzene rings is 1. The Balaban J connectivity index is 2.13. The molecule has 4 nitrogen and oxygen atoms in total. The average Bonchev–Trinajstić information content (AvgIpc) is 2.50. The summed E-state index contributed by atoms with van der Waals surface area (Å²) < 4.78 is 0. The molecule has 4 heteroatoms. The second-order valence-corrected chi connectivity index (χ2v) is 5.28. The van der Waals surface area contributed by atoms with Crippen molar-refractivity contribution in [2.75, 3.05) is 26.2 Å². The standard InChI is InChI=1S/C16H24N2O2/c1-2-3-8-18(9-10-19)16(20)14-5-4-13-6-7-17-12-15(13)11-14/h4-5,11,17,19H,2-3,6-10,12H2,1H3. The SMILES string of the molecule is CCCCN(CCO)C(=O)c1ccc2c(c1)CNCC2. The number of hydrogen-bond acceptors (Lipinski definition) is 3. The fourth-order valence-corrected chi connectivity index (χ4v) is 2.58. The third-order valence-electron chi connectivity index (χ3n) is 3.78. The van der Waals surface area contributed by atoms with Gasteiger partial charge in [-0.3, -0.25) is 4.79 Å². The number of hydrogen-bond donors (Lipinski definition) is 2. The molecule has 0 unspecified atom stereocenters. The maximum absolute atomic E-state index is 12.5. The number of amides is 1. The van der Waals surface area contributed by atoms with Gasteiger partial charge >= 0.3 is 0 Å². The molecule has 110 valence electrons. The van der Waals surface area contributed by atoms with Gasteiger partial charge in [-0.25, -0.2) is 0 Å². The van der Waals surface area contributed by atoms with Crippen LogP contribution in [0, 0.1) is 0 Å².